The molecule has 0 aliphatic carbocycles. The van der Waals surface area contributed by atoms with Gasteiger partial charge in [-0.3, -0.25) is 9.59 Å². The Labute approximate surface area is 101 Å². The topological polar surface area (TPSA) is 140 Å². The standard InChI is InChI=1S/C10H10N6O2/c11-8-7(14-16-15-8)10(18)13-6-4-2-1-3-5(6)9(12)17/h1-4H,(H2,12,17)(H,13,18)(H3,11,14,15,16). The Morgan fingerprint density at radius 3 is 2.56 bits per heavy atom. The molecular formula is C10H10N6O2. The van der Waals surface area contributed by atoms with Crippen LogP contribution in [0.3, 0.4) is 0 Å². The van der Waals surface area contributed by atoms with Crippen LogP contribution >= 0.6 is 0 Å². The molecule has 2 aromatic rings. The summed E-state index contributed by atoms with van der Waals surface area (Å²) in [5.74, 6) is -1.24. The largest absolute Gasteiger partial charge is 0.380 e. The van der Waals surface area contributed by atoms with E-state index in [4.69, 9.17) is 11.5 Å². The summed E-state index contributed by atoms with van der Waals surface area (Å²) in [5.41, 5.74) is 11.1. The number of carbonyl (C=O) groups excluding carboxylic acids is 2. The van der Waals surface area contributed by atoms with Gasteiger partial charge in [-0.2, -0.15) is 5.21 Å². The summed E-state index contributed by atoms with van der Waals surface area (Å²) in [6, 6.07) is 6.35. The average Bonchev–Trinajstić information content (AvgIpc) is 2.76. The molecule has 0 fully saturated rings. The van der Waals surface area contributed by atoms with Gasteiger partial charge in [0.2, 0.25) is 0 Å². The summed E-state index contributed by atoms with van der Waals surface area (Å²) in [7, 11) is 0. The van der Waals surface area contributed by atoms with Crippen molar-refractivity contribution in [2.24, 2.45) is 5.73 Å². The van der Waals surface area contributed by atoms with Gasteiger partial charge in [0.05, 0.1) is 11.3 Å². The van der Waals surface area contributed by atoms with Crippen molar-refractivity contribution >= 4 is 23.3 Å². The number of nitrogen functional groups attached to an aromatic ring is 1. The van der Waals surface area contributed by atoms with Crippen LogP contribution in [-0.4, -0.2) is 27.2 Å². The number of amides is 2. The van der Waals surface area contributed by atoms with E-state index in [-0.39, 0.29) is 22.8 Å². The number of nitrogens with two attached hydrogens (primary N) is 2. The normalized spacial score (nSPS) is 10.0. The highest BCUT2D eigenvalue weighted by Gasteiger charge is 2.16. The van der Waals surface area contributed by atoms with Gasteiger partial charge in [-0.15, -0.1) is 10.2 Å². The fourth-order valence-electron chi connectivity index (χ4n) is 1.39. The number of anilines is 2. The number of primary amides is 1. The van der Waals surface area contributed by atoms with E-state index in [0.29, 0.717) is 0 Å². The van der Waals surface area contributed by atoms with Gasteiger partial charge in [-0.05, 0) is 12.1 Å². The monoisotopic (exact) mass is 246 g/mol. The van der Waals surface area contributed by atoms with E-state index in [1.165, 1.54) is 6.07 Å². The molecule has 2 amide bonds. The van der Waals surface area contributed by atoms with Gasteiger partial charge < -0.3 is 16.8 Å². The first-order valence-corrected chi connectivity index (χ1v) is 4.96. The molecule has 6 N–H and O–H groups in total. The van der Waals surface area contributed by atoms with Gasteiger partial charge in [0.1, 0.15) is 0 Å². The smallest absolute Gasteiger partial charge is 0.280 e. The van der Waals surface area contributed by atoms with Crippen molar-refractivity contribution in [3.05, 3.63) is 35.5 Å². The van der Waals surface area contributed by atoms with E-state index < -0.39 is 11.8 Å². The zero-order chi connectivity index (χ0) is 13.1. The molecule has 0 aliphatic rings. The number of rotatable bonds is 3. The van der Waals surface area contributed by atoms with Crippen molar-refractivity contribution in [3.63, 3.8) is 0 Å². The Morgan fingerprint density at radius 1 is 1.22 bits per heavy atom. The lowest BCUT2D eigenvalue weighted by Crippen LogP contribution is -2.19. The fourth-order valence-corrected chi connectivity index (χ4v) is 1.39. The molecular weight excluding hydrogens is 236 g/mol. The van der Waals surface area contributed by atoms with Crippen molar-refractivity contribution in [1.82, 2.24) is 15.4 Å². The van der Waals surface area contributed by atoms with E-state index in [9.17, 15) is 9.59 Å². The number of H-pyrrole nitrogens is 1. The quantitative estimate of drug-likeness (QED) is 0.590. The molecule has 1 heterocycles. The van der Waals surface area contributed by atoms with Crippen LogP contribution < -0.4 is 16.8 Å². The minimum Gasteiger partial charge on any atom is -0.380 e. The lowest BCUT2D eigenvalue weighted by atomic mass is 10.1. The third kappa shape index (κ3) is 2.12. The van der Waals surface area contributed by atoms with E-state index in [2.05, 4.69) is 20.7 Å². The highest BCUT2D eigenvalue weighted by Crippen LogP contribution is 2.15. The van der Waals surface area contributed by atoms with Crippen LogP contribution in [0.15, 0.2) is 24.3 Å². The Bertz CT molecular complexity index is 606. The van der Waals surface area contributed by atoms with Crippen LogP contribution in [0.4, 0.5) is 11.5 Å². The summed E-state index contributed by atoms with van der Waals surface area (Å²) < 4.78 is 0. The molecule has 8 nitrogen and oxygen atoms in total. The van der Waals surface area contributed by atoms with E-state index in [1.54, 1.807) is 18.2 Å². The molecule has 1 aromatic heterocycles. The van der Waals surface area contributed by atoms with Gasteiger partial charge in [0.15, 0.2) is 11.5 Å². The first-order chi connectivity index (χ1) is 8.59. The Balaban J connectivity index is 2.28. The number of nitrogens with zero attached hydrogens (tertiary/aromatic N) is 2. The minimum atomic E-state index is -0.640. The highest BCUT2D eigenvalue weighted by atomic mass is 16.2. The molecule has 0 saturated carbocycles. The summed E-state index contributed by atoms with van der Waals surface area (Å²) in [6.07, 6.45) is 0. The van der Waals surface area contributed by atoms with Crippen molar-refractivity contribution in [2.75, 3.05) is 11.1 Å². The Kier molecular flexibility index (Phi) is 2.92. The number of nitrogens with one attached hydrogen (secondary N) is 2. The maximum Gasteiger partial charge on any atom is 0.280 e. The molecule has 0 aliphatic heterocycles. The predicted molar refractivity (Wildman–Crippen MR) is 63.7 cm³/mol. The number of para-hydroxylation sites is 1. The number of benzene rings is 1. The second kappa shape index (κ2) is 4.53. The maximum atomic E-state index is 11.8. The summed E-state index contributed by atoms with van der Waals surface area (Å²) in [4.78, 5) is 23.0. The van der Waals surface area contributed by atoms with E-state index in [1.807, 2.05) is 0 Å². The predicted octanol–water partition coefficient (Wildman–Crippen LogP) is -0.262. The van der Waals surface area contributed by atoms with Crippen LogP contribution in [0.1, 0.15) is 20.8 Å². The molecule has 0 radical (unpaired) electrons. The average molecular weight is 246 g/mol. The van der Waals surface area contributed by atoms with Crippen LogP contribution in [-0.2, 0) is 0 Å². The van der Waals surface area contributed by atoms with Crippen molar-refractivity contribution in [1.29, 1.82) is 0 Å². The zero-order valence-electron chi connectivity index (χ0n) is 9.18. The van der Waals surface area contributed by atoms with Crippen LogP contribution in [0.25, 0.3) is 0 Å². The van der Waals surface area contributed by atoms with Crippen LogP contribution in [0, 0.1) is 0 Å². The molecule has 18 heavy (non-hydrogen) atoms. The van der Waals surface area contributed by atoms with Gasteiger partial charge in [0.25, 0.3) is 11.8 Å². The minimum absolute atomic E-state index is 0.0240. The van der Waals surface area contributed by atoms with Crippen molar-refractivity contribution < 1.29 is 9.59 Å². The number of carbonyl (C=O) groups is 2. The lowest BCUT2D eigenvalue weighted by Gasteiger charge is -2.07. The Morgan fingerprint density at radius 2 is 1.94 bits per heavy atom. The van der Waals surface area contributed by atoms with E-state index in [0.717, 1.165) is 0 Å². The van der Waals surface area contributed by atoms with Gasteiger partial charge in [0, 0.05) is 0 Å². The van der Waals surface area contributed by atoms with Gasteiger partial charge >= 0.3 is 0 Å². The second-order valence-electron chi connectivity index (χ2n) is 3.42. The molecule has 0 unspecified atom stereocenters. The highest BCUT2D eigenvalue weighted by molar-refractivity contribution is 6.09. The molecule has 0 spiro atoms. The molecule has 92 valence electrons. The zero-order valence-corrected chi connectivity index (χ0v) is 9.18. The van der Waals surface area contributed by atoms with Gasteiger partial charge in [-0.25, -0.2) is 0 Å². The molecule has 0 bridgehead atoms. The summed E-state index contributed by atoms with van der Waals surface area (Å²) in [6.45, 7) is 0. The number of hydrogen-bond donors (Lipinski definition) is 4. The van der Waals surface area contributed by atoms with Crippen LogP contribution in [0.2, 0.25) is 0 Å². The molecule has 2 rings (SSSR count). The number of aromatic amines is 1. The fraction of sp³-hybridized carbons (Fsp3) is 0. The molecule has 0 saturated heterocycles. The van der Waals surface area contributed by atoms with E-state index >= 15 is 0 Å². The summed E-state index contributed by atoms with van der Waals surface area (Å²) >= 11 is 0. The third-order valence-electron chi connectivity index (χ3n) is 2.23. The maximum absolute atomic E-state index is 11.8. The van der Waals surface area contributed by atoms with Crippen molar-refractivity contribution in [2.45, 2.75) is 0 Å². The SMILES string of the molecule is NC(=O)c1ccccc1NC(=O)c1n[nH]nc1N. The second-order valence-corrected chi connectivity index (χ2v) is 3.42. The third-order valence-corrected chi connectivity index (χ3v) is 2.23. The molecule has 1 aromatic carbocycles. The lowest BCUT2D eigenvalue weighted by molar-refractivity contribution is 0.100. The number of aromatic nitrogens is 3. The van der Waals surface area contributed by atoms with Crippen molar-refractivity contribution in [3.8, 4) is 0 Å². The Hall–Kier alpha value is -2.90. The molecule has 8 heteroatoms. The van der Waals surface area contributed by atoms with Crippen LogP contribution in [0.5, 0.6) is 0 Å². The summed E-state index contributed by atoms with van der Waals surface area (Å²) in [5, 5.41) is 11.8. The first kappa shape index (κ1) is 11.6. The number of hydrogen-bond acceptors (Lipinski definition) is 5. The van der Waals surface area contributed by atoms with Gasteiger partial charge in [-0.1, -0.05) is 12.1 Å². The molecule has 0 atom stereocenters. The first-order valence-electron chi connectivity index (χ1n) is 4.96.